The molecule has 1 aliphatic rings. The van der Waals surface area contributed by atoms with Crippen molar-refractivity contribution in [1.29, 1.82) is 0 Å². The molecule has 3 aromatic carbocycles. The van der Waals surface area contributed by atoms with Gasteiger partial charge in [-0.25, -0.2) is 0 Å². The predicted molar refractivity (Wildman–Crippen MR) is 114 cm³/mol. The molecule has 1 aliphatic carbocycles. The molecule has 0 saturated heterocycles. The van der Waals surface area contributed by atoms with Crippen molar-refractivity contribution in [2.75, 3.05) is 0 Å². The van der Waals surface area contributed by atoms with E-state index >= 15 is 0 Å². The van der Waals surface area contributed by atoms with Crippen LogP contribution in [0.15, 0.2) is 91.0 Å². The van der Waals surface area contributed by atoms with Gasteiger partial charge in [0, 0.05) is 12.8 Å². The number of hydrogen-bond donors (Lipinski definition) is 1. The highest BCUT2D eigenvalue weighted by molar-refractivity contribution is 5.84. The van der Waals surface area contributed by atoms with Crippen LogP contribution in [-0.4, -0.2) is 10.7 Å². The Kier molecular flexibility index (Phi) is 5.04. The van der Waals surface area contributed by atoms with Gasteiger partial charge in [0.2, 0.25) is 0 Å². The van der Waals surface area contributed by atoms with Crippen molar-refractivity contribution in [3.05, 3.63) is 113 Å². The second kappa shape index (κ2) is 7.77. The van der Waals surface area contributed by atoms with Crippen LogP contribution in [0.4, 0.5) is 0 Å². The van der Waals surface area contributed by atoms with Crippen molar-refractivity contribution in [1.82, 2.24) is 0 Å². The minimum absolute atomic E-state index is 0.641. The molecule has 0 radical (unpaired) electrons. The van der Waals surface area contributed by atoms with Gasteiger partial charge in [0.1, 0.15) is 0 Å². The SMILES string of the molecule is O[C@]1(C/C=C/c2ccccc2)C/C(=C\c2ccccc2)c2ccccc2C1. The van der Waals surface area contributed by atoms with Gasteiger partial charge in [-0.05, 0) is 34.2 Å². The van der Waals surface area contributed by atoms with Crippen molar-refractivity contribution >= 4 is 17.7 Å². The van der Waals surface area contributed by atoms with Crippen molar-refractivity contribution in [2.45, 2.75) is 24.9 Å². The van der Waals surface area contributed by atoms with Crippen LogP contribution in [0.25, 0.3) is 17.7 Å². The fourth-order valence-electron chi connectivity index (χ4n) is 3.86. The minimum atomic E-state index is -0.750. The summed E-state index contributed by atoms with van der Waals surface area (Å²) in [7, 11) is 0. The molecule has 1 nitrogen and oxygen atoms in total. The van der Waals surface area contributed by atoms with E-state index in [-0.39, 0.29) is 0 Å². The summed E-state index contributed by atoms with van der Waals surface area (Å²) in [6.07, 6.45) is 8.40. The minimum Gasteiger partial charge on any atom is -0.389 e. The summed E-state index contributed by atoms with van der Waals surface area (Å²) in [6, 6.07) is 29.0. The molecule has 0 aliphatic heterocycles. The average Bonchev–Trinajstić information content (AvgIpc) is 2.69. The number of fused-ring (bicyclic) bond motifs is 1. The lowest BCUT2D eigenvalue weighted by atomic mass is 9.75. The average molecular weight is 352 g/mol. The van der Waals surface area contributed by atoms with E-state index in [0.29, 0.717) is 19.3 Å². The molecule has 4 rings (SSSR count). The van der Waals surface area contributed by atoms with Gasteiger partial charge in [-0.2, -0.15) is 0 Å². The van der Waals surface area contributed by atoms with E-state index in [1.807, 2.05) is 24.3 Å². The summed E-state index contributed by atoms with van der Waals surface area (Å²) < 4.78 is 0. The van der Waals surface area contributed by atoms with Gasteiger partial charge in [0.05, 0.1) is 5.60 Å². The van der Waals surface area contributed by atoms with E-state index in [1.54, 1.807) is 0 Å². The van der Waals surface area contributed by atoms with Crippen LogP contribution in [0.2, 0.25) is 0 Å². The van der Waals surface area contributed by atoms with Crippen LogP contribution in [0.5, 0.6) is 0 Å². The molecule has 0 heterocycles. The smallest absolute Gasteiger partial charge is 0.0762 e. The first kappa shape index (κ1) is 17.5. The Hall–Kier alpha value is -2.90. The summed E-state index contributed by atoms with van der Waals surface area (Å²) in [4.78, 5) is 0. The van der Waals surface area contributed by atoms with E-state index < -0.39 is 5.60 Å². The van der Waals surface area contributed by atoms with Crippen LogP contribution in [0, 0.1) is 0 Å². The van der Waals surface area contributed by atoms with Crippen LogP contribution in [-0.2, 0) is 6.42 Å². The van der Waals surface area contributed by atoms with E-state index in [1.165, 1.54) is 22.3 Å². The Morgan fingerprint density at radius 2 is 1.37 bits per heavy atom. The van der Waals surface area contributed by atoms with E-state index in [9.17, 15) is 5.11 Å². The molecule has 0 saturated carbocycles. The highest BCUT2D eigenvalue weighted by atomic mass is 16.3. The third-order valence-electron chi connectivity index (χ3n) is 5.15. The molecular weight excluding hydrogens is 328 g/mol. The number of rotatable bonds is 4. The van der Waals surface area contributed by atoms with E-state index in [4.69, 9.17) is 0 Å². The van der Waals surface area contributed by atoms with E-state index in [2.05, 4.69) is 78.9 Å². The maximum atomic E-state index is 11.4. The molecule has 134 valence electrons. The molecule has 0 fully saturated rings. The third kappa shape index (κ3) is 4.27. The molecular formula is C26H24O. The topological polar surface area (TPSA) is 20.2 Å². The highest BCUT2D eigenvalue weighted by Crippen LogP contribution is 2.39. The molecule has 0 bridgehead atoms. The molecule has 0 amide bonds. The molecule has 0 aromatic heterocycles. The summed E-state index contributed by atoms with van der Waals surface area (Å²) in [5.74, 6) is 0. The molecule has 1 heteroatoms. The normalized spacial score (nSPS) is 20.7. The molecule has 1 atom stereocenters. The van der Waals surface area contributed by atoms with Crippen LogP contribution in [0.1, 0.15) is 35.1 Å². The Balaban J connectivity index is 1.62. The zero-order valence-corrected chi connectivity index (χ0v) is 15.4. The van der Waals surface area contributed by atoms with Crippen molar-refractivity contribution in [2.24, 2.45) is 0 Å². The fourth-order valence-corrected chi connectivity index (χ4v) is 3.86. The van der Waals surface area contributed by atoms with Crippen LogP contribution >= 0.6 is 0 Å². The number of aliphatic hydroxyl groups is 1. The third-order valence-corrected chi connectivity index (χ3v) is 5.15. The zero-order valence-electron chi connectivity index (χ0n) is 15.4. The molecule has 3 aromatic rings. The van der Waals surface area contributed by atoms with Gasteiger partial charge >= 0.3 is 0 Å². The van der Waals surface area contributed by atoms with E-state index in [0.717, 1.165) is 5.56 Å². The second-order valence-electron chi connectivity index (χ2n) is 7.33. The van der Waals surface area contributed by atoms with Gasteiger partial charge in [-0.1, -0.05) is 103 Å². The molecule has 0 unspecified atom stereocenters. The van der Waals surface area contributed by atoms with Gasteiger partial charge < -0.3 is 5.11 Å². The number of hydrogen-bond acceptors (Lipinski definition) is 1. The second-order valence-corrected chi connectivity index (χ2v) is 7.33. The quantitative estimate of drug-likeness (QED) is 0.610. The summed E-state index contributed by atoms with van der Waals surface area (Å²) >= 11 is 0. The highest BCUT2D eigenvalue weighted by Gasteiger charge is 2.33. The molecule has 27 heavy (non-hydrogen) atoms. The predicted octanol–water partition coefficient (Wildman–Crippen LogP) is 6.01. The first-order valence-corrected chi connectivity index (χ1v) is 9.50. The van der Waals surface area contributed by atoms with Gasteiger partial charge in [-0.15, -0.1) is 0 Å². The van der Waals surface area contributed by atoms with Crippen LogP contribution < -0.4 is 0 Å². The van der Waals surface area contributed by atoms with Crippen molar-refractivity contribution in [3.63, 3.8) is 0 Å². The first-order chi connectivity index (χ1) is 13.2. The Morgan fingerprint density at radius 1 is 0.741 bits per heavy atom. The molecule has 0 spiro atoms. The summed E-state index contributed by atoms with van der Waals surface area (Å²) in [5.41, 5.74) is 5.28. The first-order valence-electron chi connectivity index (χ1n) is 9.50. The Bertz CT molecular complexity index is 954. The van der Waals surface area contributed by atoms with Crippen molar-refractivity contribution < 1.29 is 5.11 Å². The summed E-state index contributed by atoms with van der Waals surface area (Å²) in [5, 5.41) is 11.4. The maximum Gasteiger partial charge on any atom is 0.0762 e. The molecule has 1 N–H and O–H groups in total. The number of benzene rings is 3. The lowest BCUT2D eigenvalue weighted by molar-refractivity contribution is 0.0464. The Labute approximate surface area is 161 Å². The fraction of sp³-hybridized carbons (Fsp3) is 0.154. The Morgan fingerprint density at radius 3 is 2.11 bits per heavy atom. The van der Waals surface area contributed by atoms with Gasteiger partial charge in [0.25, 0.3) is 0 Å². The zero-order chi connectivity index (χ0) is 18.5. The lowest BCUT2D eigenvalue weighted by Gasteiger charge is -2.34. The largest absolute Gasteiger partial charge is 0.389 e. The monoisotopic (exact) mass is 352 g/mol. The lowest BCUT2D eigenvalue weighted by Crippen LogP contribution is -2.34. The van der Waals surface area contributed by atoms with Gasteiger partial charge in [-0.3, -0.25) is 0 Å². The summed E-state index contributed by atoms with van der Waals surface area (Å²) in [6.45, 7) is 0. The van der Waals surface area contributed by atoms with Crippen LogP contribution in [0.3, 0.4) is 0 Å². The van der Waals surface area contributed by atoms with Gasteiger partial charge in [0.15, 0.2) is 0 Å². The standard InChI is InChI=1S/C26H24O/c27-26(17-9-14-21-10-3-1-4-11-21)19-23-15-7-8-16-25(23)24(20-26)18-22-12-5-2-6-13-22/h1-16,18,27H,17,19-20H2/b14-9+,24-18+/t26-/m0/s1. The maximum absolute atomic E-state index is 11.4. The van der Waals surface area contributed by atoms with Crippen molar-refractivity contribution in [3.8, 4) is 0 Å².